The molecule has 8 heteroatoms. The summed E-state index contributed by atoms with van der Waals surface area (Å²) < 4.78 is 22.4. The molecule has 0 unspecified atom stereocenters. The van der Waals surface area contributed by atoms with E-state index in [1.54, 1.807) is 4.90 Å². The van der Waals surface area contributed by atoms with Gasteiger partial charge in [0.25, 0.3) is 10.1 Å². The lowest BCUT2D eigenvalue weighted by Gasteiger charge is -2.45. The average Bonchev–Trinajstić information content (AvgIpc) is 2.63. The highest BCUT2D eigenvalue weighted by Crippen LogP contribution is 2.35. The van der Waals surface area contributed by atoms with Crippen molar-refractivity contribution >= 4 is 34.3 Å². The number of nitrogens with one attached hydrogen (secondary N) is 1. The highest BCUT2D eigenvalue weighted by molar-refractivity contribution is 8.07. The van der Waals surface area contributed by atoms with Gasteiger partial charge in [-0.05, 0) is 31.1 Å². The van der Waals surface area contributed by atoms with Crippen LogP contribution in [0.2, 0.25) is 0 Å². The molecule has 0 aromatic rings. The third-order valence-corrected chi connectivity index (χ3v) is 9.17. The Labute approximate surface area is 168 Å². The maximum Gasteiger partial charge on any atom is 0.275 e. The number of piperazine rings is 1. The summed E-state index contributed by atoms with van der Waals surface area (Å²) >= 11 is 4.16. The summed E-state index contributed by atoms with van der Waals surface area (Å²) in [6.45, 7) is 0.460. The number of hydrogen-bond donors (Lipinski definition) is 2. The van der Waals surface area contributed by atoms with Crippen LogP contribution in [0.4, 0.5) is 0 Å². The molecule has 6 nitrogen and oxygen atoms in total. The molecular formula is C19H32N2O4S2. The van der Waals surface area contributed by atoms with Crippen molar-refractivity contribution in [1.82, 2.24) is 10.2 Å². The molecule has 1 heterocycles. The van der Waals surface area contributed by atoms with Crippen LogP contribution in [0.5, 0.6) is 0 Å². The summed E-state index contributed by atoms with van der Waals surface area (Å²) in [6.07, 6.45) is 12.8. The van der Waals surface area contributed by atoms with Gasteiger partial charge < -0.3 is 10.2 Å². The van der Waals surface area contributed by atoms with Gasteiger partial charge in [0.2, 0.25) is 5.91 Å². The van der Waals surface area contributed by atoms with Gasteiger partial charge in [-0.25, -0.2) is 8.42 Å². The van der Waals surface area contributed by atoms with Gasteiger partial charge in [-0.15, -0.1) is 12.6 Å². The summed E-state index contributed by atoms with van der Waals surface area (Å²) in [4.78, 5) is 27.7. The van der Waals surface area contributed by atoms with Crippen molar-refractivity contribution in [3.8, 4) is 0 Å². The molecule has 2 atom stereocenters. The van der Waals surface area contributed by atoms with Crippen LogP contribution in [0.1, 0.15) is 70.6 Å². The van der Waals surface area contributed by atoms with Gasteiger partial charge in [0.15, 0.2) is 9.84 Å². The Balaban J connectivity index is 1.85. The number of hydrogen-bond acceptors (Lipinski definition) is 5. The van der Waals surface area contributed by atoms with Gasteiger partial charge >= 0.3 is 0 Å². The van der Waals surface area contributed by atoms with Crippen molar-refractivity contribution in [2.75, 3.05) is 12.8 Å². The third kappa shape index (κ3) is 4.47. The minimum Gasteiger partial charge on any atom is -0.327 e. The first kappa shape index (κ1) is 21.0. The number of carbonyl (C=O) groups excluding carboxylic acids is 2. The fourth-order valence-corrected chi connectivity index (χ4v) is 5.82. The Morgan fingerprint density at radius 3 is 2.04 bits per heavy atom. The van der Waals surface area contributed by atoms with Crippen LogP contribution in [0, 0.1) is 11.8 Å². The smallest absolute Gasteiger partial charge is 0.275 e. The van der Waals surface area contributed by atoms with Crippen LogP contribution in [-0.2, 0) is 19.4 Å². The van der Waals surface area contributed by atoms with Gasteiger partial charge in [0.1, 0.15) is 6.04 Å². The van der Waals surface area contributed by atoms with Gasteiger partial charge in [-0.3, -0.25) is 9.59 Å². The summed E-state index contributed by atoms with van der Waals surface area (Å²) in [5.41, 5.74) is 0. The first-order chi connectivity index (χ1) is 12.7. The lowest BCUT2D eigenvalue weighted by atomic mass is 9.83. The van der Waals surface area contributed by atoms with Crippen LogP contribution >= 0.6 is 12.6 Å². The van der Waals surface area contributed by atoms with Gasteiger partial charge in [-0.2, -0.15) is 0 Å². The fourth-order valence-electron chi connectivity index (χ4n) is 4.86. The molecule has 0 aromatic carbocycles. The minimum absolute atomic E-state index is 0.333. The van der Waals surface area contributed by atoms with E-state index in [2.05, 4.69) is 17.9 Å². The number of carbonyl (C=O) groups is 2. The lowest BCUT2D eigenvalue weighted by molar-refractivity contribution is -0.149. The second kappa shape index (κ2) is 8.31. The Morgan fingerprint density at radius 2 is 1.52 bits per heavy atom. The molecule has 1 aliphatic heterocycles. The number of sulfone groups is 1. The van der Waals surface area contributed by atoms with E-state index in [9.17, 15) is 18.0 Å². The van der Waals surface area contributed by atoms with E-state index >= 15 is 0 Å². The molecule has 2 aliphatic carbocycles. The largest absolute Gasteiger partial charge is 0.327 e. The van der Waals surface area contributed by atoms with Crippen molar-refractivity contribution in [2.45, 2.75) is 80.9 Å². The second-order valence-electron chi connectivity index (χ2n) is 8.62. The van der Waals surface area contributed by atoms with Crippen LogP contribution in [0.3, 0.4) is 0 Å². The molecule has 1 N–H and O–H groups in total. The van der Waals surface area contributed by atoms with E-state index in [-0.39, 0.29) is 5.91 Å². The normalized spacial score (nSPS) is 31.8. The summed E-state index contributed by atoms with van der Waals surface area (Å²) in [7, 11) is -3.90. The van der Waals surface area contributed by atoms with E-state index < -0.39 is 26.0 Å². The zero-order valence-electron chi connectivity index (χ0n) is 16.2. The Hall–Kier alpha value is -0.760. The van der Waals surface area contributed by atoms with E-state index in [0.29, 0.717) is 24.8 Å². The van der Waals surface area contributed by atoms with Crippen LogP contribution < -0.4 is 5.32 Å². The van der Waals surface area contributed by atoms with Crippen LogP contribution in [-0.4, -0.2) is 48.2 Å². The predicted molar refractivity (Wildman–Crippen MR) is 108 cm³/mol. The Morgan fingerprint density at radius 1 is 1.00 bits per heavy atom. The van der Waals surface area contributed by atoms with Crippen molar-refractivity contribution in [1.29, 1.82) is 0 Å². The molecule has 154 valence electrons. The molecule has 2 amide bonds. The maximum absolute atomic E-state index is 13.2. The molecule has 27 heavy (non-hydrogen) atoms. The standard InChI is InChI=1S/C19H32N2O4S2/c1-27(24,25)19(26)18(23)21(13-15-10-6-3-7-11-15)16(17(22)20-19)12-14-8-4-2-5-9-14/h14-16,26H,2-13H2,1H3,(H,20,22)/t16-,19-/m1/s1. The van der Waals surface area contributed by atoms with Gasteiger partial charge in [0, 0.05) is 12.8 Å². The van der Waals surface area contributed by atoms with E-state index in [1.807, 2.05) is 0 Å². The van der Waals surface area contributed by atoms with Crippen LogP contribution in [0.15, 0.2) is 0 Å². The summed E-state index contributed by atoms with van der Waals surface area (Å²) in [5.74, 6) is -0.211. The third-order valence-electron chi connectivity index (χ3n) is 6.52. The number of thiol groups is 1. The lowest BCUT2D eigenvalue weighted by Crippen LogP contribution is -2.71. The number of amides is 2. The SMILES string of the molecule is CS(=O)(=O)[C@@]1(S)NC(=O)[C@@H](CC2CCCCC2)N(CC2CCCCC2)C1=O. The number of nitrogens with zero attached hydrogens (tertiary/aromatic N) is 1. The average molecular weight is 417 g/mol. The fraction of sp³-hybridized carbons (Fsp3) is 0.895. The number of rotatable bonds is 5. The van der Waals surface area contributed by atoms with E-state index in [1.165, 1.54) is 12.8 Å². The molecule has 0 spiro atoms. The highest BCUT2D eigenvalue weighted by Gasteiger charge is 2.55. The minimum atomic E-state index is -3.90. The van der Waals surface area contributed by atoms with Crippen molar-refractivity contribution < 1.29 is 18.0 Å². The van der Waals surface area contributed by atoms with Gasteiger partial charge in [-0.1, -0.05) is 51.4 Å². The van der Waals surface area contributed by atoms with E-state index in [4.69, 9.17) is 0 Å². The zero-order chi connectivity index (χ0) is 19.7. The molecule has 3 fully saturated rings. The first-order valence-corrected chi connectivity index (χ1v) is 12.6. The summed E-state index contributed by atoms with van der Waals surface area (Å²) in [5, 5.41) is 2.44. The van der Waals surface area contributed by atoms with Crippen molar-refractivity contribution in [3.63, 3.8) is 0 Å². The molecular weight excluding hydrogens is 384 g/mol. The van der Waals surface area contributed by atoms with Crippen LogP contribution in [0.25, 0.3) is 0 Å². The molecule has 3 aliphatic rings. The predicted octanol–water partition coefficient (Wildman–Crippen LogP) is 2.49. The zero-order valence-corrected chi connectivity index (χ0v) is 17.9. The molecule has 3 rings (SSSR count). The molecule has 0 aromatic heterocycles. The Kier molecular flexibility index (Phi) is 6.45. The quantitative estimate of drug-likeness (QED) is 0.675. The monoisotopic (exact) mass is 416 g/mol. The van der Waals surface area contributed by atoms with Gasteiger partial charge in [0.05, 0.1) is 0 Å². The van der Waals surface area contributed by atoms with Crippen molar-refractivity contribution in [2.24, 2.45) is 11.8 Å². The summed E-state index contributed by atoms with van der Waals surface area (Å²) in [6, 6.07) is -0.579. The maximum atomic E-state index is 13.2. The Bertz CT molecular complexity index is 669. The molecule has 0 radical (unpaired) electrons. The molecule has 0 bridgehead atoms. The topological polar surface area (TPSA) is 83.6 Å². The molecule has 1 saturated heterocycles. The highest BCUT2D eigenvalue weighted by atomic mass is 32.2. The molecule has 2 saturated carbocycles. The first-order valence-electron chi connectivity index (χ1n) is 10.3. The van der Waals surface area contributed by atoms with E-state index in [0.717, 1.165) is 57.6 Å². The second-order valence-corrected chi connectivity index (χ2v) is 11.8. The van der Waals surface area contributed by atoms with Crippen molar-refractivity contribution in [3.05, 3.63) is 0 Å².